The number of piperidine rings is 1. The summed E-state index contributed by atoms with van der Waals surface area (Å²) in [4.78, 5) is 28.7. The molecule has 0 N–H and O–H groups in total. The molecule has 186 valence electrons. The van der Waals surface area contributed by atoms with Gasteiger partial charge in [-0.05, 0) is 54.0 Å². The zero-order valence-electron chi connectivity index (χ0n) is 20.8. The van der Waals surface area contributed by atoms with Crippen LogP contribution in [0, 0.1) is 5.92 Å². The second-order valence-corrected chi connectivity index (χ2v) is 10.7. The van der Waals surface area contributed by atoms with Gasteiger partial charge in [0.2, 0.25) is 0 Å². The first-order valence-electron chi connectivity index (χ1n) is 13.2. The van der Waals surface area contributed by atoms with Crippen molar-refractivity contribution < 1.29 is 14.3 Å². The highest BCUT2D eigenvalue weighted by Gasteiger charge is 2.46. The monoisotopic (exact) mass is 491 g/mol. The molecule has 3 aromatic carbocycles. The predicted molar refractivity (Wildman–Crippen MR) is 141 cm³/mol. The number of aromatic nitrogens is 2. The van der Waals surface area contributed by atoms with Crippen LogP contribution in [0.3, 0.4) is 0 Å². The van der Waals surface area contributed by atoms with Crippen molar-refractivity contribution >= 4 is 22.8 Å². The van der Waals surface area contributed by atoms with Crippen LogP contribution in [-0.2, 0) is 11.8 Å². The molecule has 2 bridgehead atoms. The van der Waals surface area contributed by atoms with E-state index in [0.29, 0.717) is 25.0 Å². The lowest BCUT2D eigenvalue weighted by Gasteiger charge is -2.37. The maximum atomic E-state index is 13.4. The van der Waals surface area contributed by atoms with Gasteiger partial charge in [0.25, 0.3) is 0 Å². The summed E-state index contributed by atoms with van der Waals surface area (Å²) in [7, 11) is 1.89. The molecule has 1 aliphatic carbocycles. The smallest absolute Gasteiger partial charge is 0.410 e. The molecule has 7 rings (SSSR count). The summed E-state index contributed by atoms with van der Waals surface area (Å²) < 4.78 is 7.75. The molecule has 0 radical (unpaired) electrons. The van der Waals surface area contributed by atoms with Crippen molar-refractivity contribution in [3.63, 3.8) is 0 Å². The summed E-state index contributed by atoms with van der Waals surface area (Å²) in [6.07, 6.45) is 4.96. The Labute approximate surface area is 215 Å². The number of aryl methyl sites for hydroxylation is 1. The minimum Gasteiger partial charge on any atom is -0.448 e. The Bertz CT molecular complexity index is 1480. The number of rotatable bonds is 4. The Morgan fingerprint density at radius 1 is 0.919 bits per heavy atom. The summed E-state index contributed by atoms with van der Waals surface area (Å²) in [5.74, 6) is 0.141. The van der Waals surface area contributed by atoms with Gasteiger partial charge in [0.05, 0.1) is 5.52 Å². The molecule has 2 aliphatic heterocycles. The van der Waals surface area contributed by atoms with E-state index in [0.717, 1.165) is 23.7 Å². The average molecular weight is 492 g/mol. The fourth-order valence-electron chi connectivity index (χ4n) is 6.89. The Hall–Kier alpha value is -3.93. The summed E-state index contributed by atoms with van der Waals surface area (Å²) in [5, 5.41) is 5.49. The van der Waals surface area contributed by atoms with Gasteiger partial charge in [-0.3, -0.25) is 9.48 Å². The molecule has 2 atom stereocenters. The lowest BCUT2D eigenvalue weighted by Crippen LogP contribution is -2.48. The Kier molecular flexibility index (Phi) is 5.17. The number of ether oxygens (including phenoxy) is 1. The molecule has 2 saturated heterocycles. The van der Waals surface area contributed by atoms with Gasteiger partial charge in [-0.2, -0.15) is 5.10 Å². The maximum absolute atomic E-state index is 13.4. The van der Waals surface area contributed by atoms with Crippen molar-refractivity contribution in [2.75, 3.05) is 6.61 Å². The summed E-state index contributed by atoms with van der Waals surface area (Å²) in [5.41, 5.74) is 6.43. The second-order valence-electron chi connectivity index (χ2n) is 10.7. The van der Waals surface area contributed by atoms with Crippen molar-refractivity contribution in [2.45, 2.75) is 43.7 Å². The third kappa shape index (κ3) is 3.66. The predicted octanol–water partition coefficient (Wildman–Crippen LogP) is 5.95. The highest BCUT2D eigenvalue weighted by molar-refractivity contribution is 6.01. The normalized spacial score (nSPS) is 22.2. The van der Waals surface area contributed by atoms with Crippen molar-refractivity contribution in [1.29, 1.82) is 0 Å². The van der Waals surface area contributed by atoms with Crippen molar-refractivity contribution in [1.82, 2.24) is 14.7 Å². The van der Waals surface area contributed by atoms with E-state index in [-0.39, 0.29) is 35.8 Å². The van der Waals surface area contributed by atoms with E-state index < -0.39 is 0 Å². The van der Waals surface area contributed by atoms with Crippen LogP contribution >= 0.6 is 0 Å². The van der Waals surface area contributed by atoms with E-state index in [1.807, 2.05) is 48.5 Å². The molecule has 1 aromatic heterocycles. The number of Topliss-reactive ketones (excluding diaryl/α,β-unsaturated/α-hetero) is 1. The summed E-state index contributed by atoms with van der Waals surface area (Å²) >= 11 is 0. The van der Waals surface area contributed by atoms with Crippen molar-refractivity contribution in [3.05, 3.63) is 89.6 Å². The molecule has 3 heterocycles. The van der Waals surface area contributed by atoms with Crippen LogP contribution in [-0.4, -0.2) is 45.2 Å². The largest absolute Gasteiger partial charge is 0.448 e. The number of nitrogens with zero attached hydrogens (tertiary/aromatic N) is 3. The molecule has 37 heavy (non-hydrogen) atoms. The average Bonchev–Trinajstić information content (AvgIpc) is 3.54. The maximum Gasteiger partial charge on any atom is 0.410 e. The summed E-state index contributed by atoms with van der Waals surface area (Å²) in [6.45, 7) is 0.329. The SMILES string of the molecule is Cn1cc2ccc(C(=O)C3CC4CCC(C3)N4C(=O)OCC3c4ccccc4-c4ccccc43)cc2n1. The van der Waals surface area contributed by atoms with E-state index in [9.17, 15) is 9.59 Å². The van der Waals surface area contributed by atoms with Crippen molar-refractivity contribution in [3.8, 4) is 11.1 Å². The van der Waals surface area contributed by atoms with Crippen molar-refractivity contribution in [2.24, 2.45) is 13.0 Å². The lowest BCUT2D eigenvalue weighted by molar-refractivity contribution is 0.0506. The molecule has 6 heteroatoms. The van der Waals surface area contributed by atoms with Gasteiger partial charge in [-0.25, -0.2) is 4.79 Å². The van der Waals surface area contributed by atoms with E-state index in [1.54, 1.807) is 4.68 Å². The van der Waals surface area contributed by atoms with Gasteiger partial charge in [0, 0.05) is 48.1 Å². The van der Waals surface area contributed by atoms with E-state index in [1.165, 1.54) is 22.3 Å². The van der Waals surface area contributed by atoms with E-state index in [4.69, 9.17) is 4.74 Å². The molecule has 0 saturated carbocycles. The van der Waals surface area contributed by atoms with E-state index in [2.05, 4.69) is 41.5 Å². The molecule has 6 nitrogen and oxygen atoms in total. The zero-order chi connectivity index (χ0) is 25.1. The van der Waals surface area contributed by atoms with Crippen LogP contribution in [0.4, 0.5) is 4.79 Å². The molecule has 1 amide bonds. The standard InChI is InChI=1S/C31H29N3O3/c1-33-17-20-11-10-19(16-29(20)32-33)30(35)21-14-22-12-13-23(15-21)34(22)31(36)37-18-28-26-8-4-2-6-24(26)25-7-3-5-9-27(25)28/h2-11,16-17,21-23,28H,12-15,18H2,1H3. The first kappa shape index (κ1) is 22.3. The van der Waals surface area contributed by atoms with Gasteiger partial charge < -0.3 is 9.64 Å². The topological polar surface area (TPSA) is 64.4 Å². The number of benzene rings is 3. The van der Waals surface area contributed by atoms with Crippen LogP contribution < -0.4 is 0 Å². The molecule has 0 spiro atoms. The molecular weight excluding hydrogens is 462 g/mol. The minimum absolute atomic E-state index is 0.0506. The van der Waals surface area contributed by atoms with Crippen LogP contribution in [0.1, 0.15) is 53.1 Å². The van der Waals surface area contributed by atoms with Crippen LogP contribution in [0.5, 0.6) is 0 Å². The Balaban J connectivity index is 1.05. The molecule has 2 fully saturated rings. The summed E-state index contributed by atoms with van der Waals surface area (Å²) in [6, 6.07) is 22.7. The quantitative estimate of drug-likeness (QED) is 0.331. The van der Waals surface area contributed by atoms with Gasteiger partial charge in [0.15, 0.2) is 5.78 Å². The van der Waals surface area contributed by atoms with Gasteiger partial charge in [-0.15, -0.1) is 0 Å². The number of ketones is 1. The minimum atomic E-state index is -0.241. The molecular formula is C31H29N3O3. The first-order valence-corrected chi connectivity index (χ1v) is 13.2. The molecule has 2 unspecified atom stereocenters. The Morgan fingerprint density at radius 3 is 2.24 bits per heavy atom. The Morgan fingerprint density at radius 2 is 1.57 bits per heavy atom. The lowest BCUT2D eigenvalue weighted by atomic mass is 9.85. The number of hydrogen-bond donors (Lipinski definition) is 0. The number of hydrogen-bond acceptors (Lipinski definition) is 4. The van der Waals surface area contributed by atoms with Crippen LogP contribution in [0.15, 0.2) is 72.9 Å². The van der Waals surface area contributed by atoms with Gasteiger partial charge in [-0.1, -0.05) is 60.7 Å². The van der Waals surface area contributed by atoms with Crippen LogP contribution in [0.2, 0.25) is 0 Å². The molecule has 4 aromatic rings. The fraction of sp³-hybridized carbons (Fsp3) is 0.323. The second kappa shape index (κ2) is 8.58. The third-order valence-electron chi connectivity index (χ3n) is 8.56. The van der Waals surface area contributed by atoms with E-state index >= 15 is 0 Å². The highest BCUT2D eigenvalue weighted by atomic mass is 16.6. The molecule has 3 aliphatic rings. The number of carbonyl (C=O) groups excluding carboxylic acids is 2. The third-order valence-corrected chi connectivity index (χ3v) is 8.56. The van der Waals surface area contributed by atoms with Crippen LogP contribution in [0.25, 0.3) is 22.0 Å². The highest BCUT2D eigenvalue weighted by Crippen LogP contribution is 2.45. The first-order chi connectivity index (χ1) is 18.1. The number of fused-ring (bicyclic) bond motifs is 6. The number of amides is 1. The number of carbonyl (C=O) groups is 2. The van der Waals surface area contributed by atoms with Gasteiger partial charge in [0.1, 0.15) is 6.61 Å². The zero-order valence-corrected chi connectivity index (χ0v) is 20.8. The van der Waals surface area contributed by atoms with Gasteiger partial charge >= 0.3 is 6.09 Å². The fourth-order valence-corrected chi connectivity index (χ4v) is 6.89.